The molecule has 1 aliphatic heterocycles. The van der Waals surface area contributed by atoms with Crippen LogP contribution >= 0.6 is 13.5 Å². The molecular weight excluding hydrogens is 576 g/mol. The second-order valence-electron chi connectivity index (χ2n) is 11.3. The molecule has 0 spiro atoms. The van der Waals surface area contributed by atoms with E-state index < -0.39 is 5.97 Å². The van der Waals surface area contributed by atoms with Crippen molar-refractivity contribution in [1.82, 2.24) is 18.9 Å². The lowest BCUT2D eigenvalue weighted by Crippen LogP contribution is -2.43. The molecule has 234 valence electrons. The molecule has 44 heavy (non-hydrogen) atoms. The molecule has 1 N–H and O–H groups in total. The van der Waals surface area contributed by atoms with Gasteiger partial charge in [-0.3, -0.25) is 18.8 Å². The first-order chi connectivity index (χ1) is 20.9. The van der Waals surface area contributed by atoms with Gasteiger partial charge in [0.2, 0.25) is 0 Å². The van der Waals surface area contributed by atoms with Gasteiger partial charge in [0, 0.05) is 51.2 Å². The monoisotopic (exact) mass is 618 g/mol. The molecule has 1 aromatic heterocycles. The number of benzene rings is 3. The number of aryl methyl sites for hydroxylation is 1. The van der Waals surface area contributed by atoms with Crippen LogP contribution in [0.1, 0.15) is 49.8 Å². The maximum atomic E-state index is 13.5. The van der Waals surface area contributed by atoms with Crippen molar-refractivity contribution < 1.29 is 19.4 Å². The normalized spacial score (nSPS) is 14.4. The number of piperidine rings is 1. The van der Waals surface area contributed by atoms with E-state index in [9.17, 15) is 14.4 Å². The molecule has 1 aliphatic rings. The first kappa shape index (κ1) is 32.9. The van der Waals surface area contributed by atoms with Gasteiger partial charge in [0.1, 0.15) is 6.61 Å². The van der Waals surface area contributed by atoms with Gasteiger partial charge in [0.05, 0.1) is 11.0 Å². The number of likely N-dealkylation sites (tertiary alicyclic amines) is 1. The third kappa shape index (κ3) is 8.12. The van der Waals surface area contributed by atoms with Gasteiger partial charge >= 0.3 is 17.8 Å². The number of carbonyl (C=O) groups is 2. The van der Waals surface area contributed by atoms with Crippen LogP contribution in [0, 0.1) is 0 Å². The summed E-state index contributed by atoms with van der Waals surface area (Å²) >= 11 is 0. The predicted molar refractivity (Wildman–Crippen MR) is 176 cm³/mol. The fourth-order valence-corrected chi connectivity index (χ4v) is 5.89. The fourth-order valence-electron chi connectivity index (χ4n) is 5.89. The van der Waals surface area contributed by atoms with Crippen molar-refractivity contribution in [2.45, 2.75) is 64.3 Å². The van der Waals surface area contributed by atoms with E-state index in [1.807, 2.05) is 65.2 Å². The highest BCUT2D eigenvalue weighted by molar-refractivity contribution is 7.59. The summed E-state index contributed by atoms with van der Waals surface area (Å²) in [6, 6.07) is 28.2. The summed E-state index contributed by atoms with van der Waals surface area (Å²) in [5.41, 5.74) is 3.94. The highest BCUT2D eigenvalue weighted by Gasteiger charge is 2.28. The van der Waals surface area contributed by atoms with Gasteiger partial charge in [-0.25, -0.2) is 9.59 Å². The Hall–Kier alpha value is -4.02. The average molecular weight is 619 g/mol. The molecule has 4 aromatic rings. The number of imidazole rings is 1. The zero-order valence-corrected chi connectivity index (χ0v) is 26.2. The second kappa shape index (κ2) is 15.6. The van der Waals surface area contributed by atoms with Gasteiger partial charge in [-0.15, -0.1) is 0 Å². The molecule has 1 fully saturated rings. The standard InChI is InChI=1S/C34H40N4O5.H2S/c1-26(36(23-27-11-4-2-5-12-27)24-28-13-6-3-7-14-28)25-43-34(42)35-21-18-29(19-22-35)38-31-16-9-8-15-30(31)37(33(38)41)20-10-17-32(39)40;/h2-9,11-16,26,29H,10,17-25H2,1H3,(H,39,40);1H2/t26-;/m0./s1. The van der Waals surface area contributed by atoms with Gasteiger partial charge in [0.15, 0.2) is 0 Å². The number of carboxylic acids is 1. The maximum Gasteiger partial charge on any atom is 0.409 e. The summed E-state index contributed by atoms with van der Waals surface area (Å²) in [6.45, 7) is 5.22. The summed E-state index contributed by atoms with van der Waals surface area (Å²) in [4.78, 5) is 41.6. The highest BCUT2D eigenvalue weighted by atomic mass is 32.1. The van der Waals surface area contributed by atoms with Crippen LogP contribution in [-0.4, -0.2) is 61.8 Å². The van der Waals surface area contributed by atoms with E-state index in [0.717, 1.165) is 24.1 Å². The third-order valence-electron chi connectivity index (χ3n) is 8.26. The Morgan fingerprint density at radius 3 is 2.00 bits per heavy atom. The Labute approximate surface area is 265 Å². The number of hydrogen-bond acceptors (Lipinski definition) is 5. The number of aliphatic carboxylic acids is 1. The van der Waals surface area contributed by atoms with Gasteiger partial charge < -0.3 is 14.7 Å². The molecule has 9 nitrogen and oxygen atoms in total. The van der Waals surface area contributed by atoms with E-state index in [1.54, 1.807) is 9.47 Å². The molecule has 0 saturated carbocycles. The van der Waals surface area contributed by atoms with Crippen molar-refractivity contribution in [1.29, 1.82) is 0 Å². The Bertz CT molecular complexity index is 1520. The lowest BCUT2D eigenvalue weighted by atomic mass is 10.0. The summed E-state index contributed by atoms with van der Waals surface area (Å²) in [7, 11) is 0. The molecule has 0 aliphatic carbocycles. The van der Waals surface area contributed by atoms with Crippen LogP contribution in [-0.2, 0) is 29.2 Å². The largest absolute Gasteiger partial charge is 0.481 e. The lowest BCUT2D eigenvalue weighted by molar-refractivity contribution is -0.137. The SMILES string of the molecule is C[C@@H](COC(=O)N1CCC(n2c(=O)n(CCCC(=O)O)c3ccccc32)CC1)N(Cc1ccccc1)Cc1ccccc1.S. The minimum atomic E-state index is -0.870. The Morgan fingerprint density at radius 2 is 1.43 bits per heavy atom. The van der Waals surface area contributed by atoms with E-state index >= 15 is 0 Å². The van der Waals surface area contributed by atoms with E-state index in [2.05, 4.69) is 36.1 Å². The molecule has 0 unspecified atom stereocenters. The van der Waals surface area contributed by atoms with Crippen molar-refractivity contribution in [2.75, 3.05) is 19.7 Å². The van der Waals surface area contributed by atoms with Crippen molar-refractivity contribution in [3.8, 4) is 0 Å². The number of carboxylic acid groups (broad SMARTS) is 1. The molecule has 1 atom stereocenters. The van der Waals surface area contributed by atoms with Crippen LogP contribution in [0.15, 0.2) is 89.7 Å². The molecule has 1 amide bonds. The molecular formula is C34H42N4O5S. The maximum absolute atomic E-state index is 13.5. The minimum Gasteiger partial charge on any atom is -0.481 e. The number of hydrogen-bond donors (Lipinski definition) is 1. The van der Waals surface area contributed by atoms with E-state index in [-0.39, 0.29) is 50.4 Å². The smallest absolute Gasteiger partial charge is 0.409 e. The van der Waals surface area contributed by atoms with Crippen LogP contribution in [0.25, 0.3) is 11.0 Å². The van der Waals surface area contributed by atoms with Gasteiger partial charge in [-0.05, 0) is 49.4 Å². The average Bonchev–Trinajstić information content (AvgIpc) is 3.31. The predicted octanol–water partition coefficient (Wildman–Crippen LogP) is 5.65. The highest BCUT2D eigenvalue weighted by Crippen LogP contribution is 2.26. The Kier molecular flexibility index (Phi) is 11.7. The number of rotatable bonds is 12. The van der Waals surface area contributed by atoms with Crippen LogP contribution in [0.5, 0.6) is 0 Å². The summed E-state index contributed by atoms with van der Waals surface area (Å²) in [6.07, 6.45) is 1.36. The van der Waals surface area contributed by atoms with Gasteiger partial charge in [0.25, 0.3) is 0 Å². The van der Waals surface area contributed by atoms with Crippen LogP contribution in [0.4, 0.5) is 4.79 Å². The number of fused-ring (bicyclic) bond motifs is 1. The third-order valence-corrected chi connectivity index (χ3v) is 8.26. The molecule has 3 aromatic carbocycles. The van der Waals surface area contributed by atoms with Crippen LogP contribution in [0.3, 0.4) is 0 Å². The van der Waals surface area contributed by atoms with Gasteiger partial charge in [-0.1, -0.05) is 72.8 Å². The summed E-state index contributed by atoms with van der Waals surface area (Å²) in [5, 5.41) is 9.03. The topological polar surface area (TPSA) is 97.0 Å². The van der Waals surface area contributed by atoms with E-state index in [1.165, 1.54) is 11.1 Å². The number of amides is 1. The van der Waals surface area contributed by atoms with Crippen molar-refractivity contribution >= 4 is 36.6 Å². The quantitative estimate of drug-likeness (QED) is 0.221. The Morgan fingerprint density at radius 1 is 0.886 bits per heavy atom. The first-order valence-corrected chi connectivity index (χ1v) is 15.1. The number of carbonyl (C=O) groups excluding carboxylic acids is 1. The zero-order valence-electron chi connectivity index (χ0n) is 25.2. The second-order valence-corrected chi connectivity index (χ2v) is 11.3. The van der Waals surface area contributed by atoms with Crippen molar-refractivity contribution in [3.63, 3.8) is 0 Å². The van der Waals surface area contributed by atoms with Gasteiger partial charge in [-0.2, -0.15) is 13.5 Å². The molecule has 1 saturated heterocycles. The molecule has 0 bridgehead atoms. The molecule has 10 heteroatoms. The number of para-hydroxylation sites is 2. The van der Waals surface area contributed by atoms with Crippen molar-refractivity contribution in [2.24, 2.45) is 0 Å². The van der Waals surface area contributed by atoms with Crippen LogP contribution < -0.4 is 5.69 Å². The van der Waals surface area contributed by atoms with Crippen LogP contribution in [0.2, 0.25) is 0 Å². The lowest BCUT2D eigenvalue weighted by Gasteiger charge is -2.33. The molecule has 0 radical (unpaired) electrons. The Balaban J connectivity index is 0.00000442. The summed E-state index contributed by atoms with van der Waals surface area (Å²) < 4.78 is 9.33. The zero-order chi connectivity index (χ0) is 30.2. The molecule has 5 rings (SSSR count). The van der Waals surface area contributed by atoms with E-state index in [4.69, 9.17) is 9.84 Å². The number of aromatic nitrogens is 2. The first-order valence-electron chi connectivity index (χ1n) is 15.1. The number of nitrogens with zero attached hydrogens (tertiary/aromatic N) is 4. The summed E-state index contributed by atoms with van der Waals surface area (Å²) in [5.74, 6) is -0.870. The van der Waals surface area contributed by atoms with Crippen molar-refractivity contribution in [3.05, 3.63) is 107 Å². The molecule has 2 heterocycles. The fraction of sp³-hybridized carbons (Fsp3) is 0.382. The number of ether oxygens (including phenoxy) is 1. The van der Waals surface area contributed by atoms with E-state index in [0.29, 0.717) is 38.9 Å². The minimum absolute atomic E-state index is 0.